The van der Waals surface area contributed by atoms with Gasteiger partial charge >= 0.3 is 5.97 Å². The van der Waals surface area contributed by atoms with Crippen molar-refractivity contribution in [2.24, 2.45) is 5.16 Å². The van der Waals surface area contributed by atoms with Crippen LogP contribution in [0.5, 0.6) is 0 Å². The largest absolute Gasteiger partial charge is 0.460 e. The van der Waals surface area contributed by atoms with Gasteiger partial charge < -0.3 is 9.94 Å². The van der Waals surface area contributed by atoms with Crippen LogP contribution >= 0.6 is 0 Å². The van der Waals surface area contributed by atoms with E-state index in [0.29, 0.717) is 6.42 Å². The Labute approximate surface area is 72.2 Å². The molecule has 0 radical (unpaired) electrons. The van der Waals surface area contributed by atoms with Crippen molar-refractivity contribution in [1.29, 1.82) is 0 Å². The highest BCUT2D eigenvalue weighted by atomic mass is 16.6. The molecule has 70 valence electrons. The molecule has 0 aromatic heterocycles. The second kappa shape index (κ2) is 4.74. The highest BCUT2D eigenvalue weighted by Gasteiger charge is 2.15. The second-order valence-corrected chi connectivity index (χ2v) is 3.42. The van der Waals surface area contributed by atoms with Crippen molar-refractivity contribution in [2.45, 2.75) is 39.2 Å². The maximum Gasteiger partial charge on any atom is 0.306 e. The third-order valence-electron chi connectivity index (χ3n) is 0.979. The van der Waals surface area contributed by atoms with Gasteiger partial charge in [0.2, 0.25) is 0 Å². The van der Waals surface area contributed by atoms with E-state index in [-0.39, 0.29) is 12.4 Å². The van der Waals surface area contributed by atoms with Crippen LogP contribution in [0.4, 0.5) is 0 Å². The molecule has 0 rings (SSSR count). The molecular formula is C8H15NO3. The van der Waals surface area contributed by atoms with Crippen molar-refractivity contribution in [3.8, 4) is 0 Å². The third-order valence-corrected chi connectivity index (χ3v) is 0.979. The van der Waals surface area contributed by atoms with E-state index in [2.05, 4.69) is 5.16 Å². The van der Waals surface area contributed by atoms with E-state index in [0.717, 1.165) is 0 Å². The number of oxime groups is 1. The first kappa shape index (κ1) is 10.9. The average Bonchev–Trinajstić information content (AvgIpc) is 1.84. The van der Waals surface area contributed by atoms with Crippen LogP contribution in [0.3, 0.4) is 0 Å². The quantitative estimate of drug-likeness (QED) is 0.305. The van der Waals surface area contributed by atoms with Crippen LogP contribution in [0.15, 0.2) is 5.16 Å². The summed E-state index contributed by atoms with van der Waals surface area (Å²) in [6.45, 7) is 5.43. The first-order chi connectivity index (χ1) is 5.45. The fraction of sp³-hybridized carbons (Fsp3) is 0.750. The smallest absolute Gasteiger partial charge is 0.306 e. The molecule has 1 N–H and O–H groups in total. The summed E-state index contributed by atoms with van der Waals surface area (Å²) in [6, 6.07) is 0. The first-order valence-electron chi connectivity index (χ1n) is 3.83. The molecule has 0 unspecified atom stereocenters. The molecule has 0 bridgehead atoms. The van der Waals surface area contributed by atoms with Crippen LogP contribution in [0.1, 0.15) is 33.6 Å². The fourth-order valence-corrected chi connectivity index (χ4v) is 0.633. The van der Waals surface area contributed by atoms with Gasteiger partial charge in [0.25, 0.3) is 0 Å². The lowest BCUT2D eigenvalue weighted by molar-refractivity contribution is -0.154. The highest BCUT2D eigenvalue weighted by Crippen LogP contribution is 2.08. The van der Waals surface area contributed by atoms with Crippen molar-refractivity contribution in [3.05, 3.63) is 0 Å². The minimum Gasteiger partial charge on any atom is -0.460 e. The number of nitrogens with zero attached hydrogens (tertiary/aromatic N) is 1. The van der Waals surface area contributed by atoms with Gasteiger partial charge in [0.05, 0.1) is 6.42 Å². The van der Waals surface area contributed by atoms with Crippen LogP contribution in [0, 0.1) is 0 Å². The molecular weight excluding hydrogens is 158 g/mol. The Hall–Kier alpha value is -1.06. The lowest BCUT2D eigenvalue weighted by Gasteiger charge is -2.18. The Morgan fingerprint density at radius 2 is 2.17 bits per heavy atom. The Kier molecular flexibility index (Phi) is 4.33. The molecule has 0 atom stereocenters. The summed E-state index contributed by atoms with van der Waals surface area (Å²) in [4.78, 5) is 11.0. The summed E-state index contributed by atoms with van der Waals surface area (Å²) in [6.07, 6.45) is 1.93. The van der Waals surface area contributed by atoms with Crippen molar-refractivity contribution < 1.29 is 14.7 Å². The molecule has 0 aromatic rings. The molecule has 0 amide bonds. The van der Waals surface area contributed by atoms with Gasteiger partial charge in [-0.15, -0.1) is 5.16 Å². The molecule has 0 aromatic carbocycles. The van der Waals surface area contributed by atoms with E-state index in [9.17, 15) is 4.79 Å². The lowest BCUT2D eigenvalue weighted by Crippen LogP contribution is -2.23. The van der Waals surface area contributed by atoms with Crippen molar-refractivity contribution >= 4 is 12.2 Å². The van der Waals surface area contributed by atoms with Gasteiger partial charge in [-0.3, -0.25) is 4.79 Å². The van der Waals surface area contributed by atoms with Gasteiger partial charge in [0.1, 0.15) is 5.60 Å². The molecule has 0 fully saturated rings. The van der Waals surface area contributed by atoms with E-state index >= 15 is 0 Å². The lowest BCUT2D eigenvalue weighted by atomic mass is 10.2. The maximum atomic E-state index is 11.0. The summed E-state index contributed by atoms with van der Waals surface area (Å²) in [7, 11) is 0. The molecule has 0 aliphatic carbocycles. The maximum absolute atomic E-state index is 11.0. The summed E-state index contributed by atoms with van der Waals surface area (Å²) >= 11 is 0. The third kappa shape index (κ3) is 7.05. The van der Waals surface area contributed by atoms with Crippen LogP contribution in [-0.4, -0.2) is 23.0 Å². The normalized spacial score (nSPS) is 11.9. The molecule has 0 aliphatic rings. The highest BCUT2D eigenvalue weighted by molar-refractivity contribution is 5.73. The van der Waals surface area contributed by atoms with E-state index in [4.69, 9.17) is 9.94 Å². The van der Waals surface area contributed by atoms with E-state index in [1.165, 1.54) is 6.21 Å². The topological polar surface area (TPSA) is 58.9 Å². The Balaban J connectivity index is 3.61. The Bertz CT molecular complexity index is 170. The number of carbonyl (C=O) groups is 1. The van der Waals surface area contributed by atoms with Crippen LogP contribution < -0.4 is 0 Å². The SMILES string of the molecule is CC(C)(C)OC(=O)CC/C=N/O. The number of rotatable bonds is 3. The average molecular weight is 173 g/mol. The monoisotopic (exact) mass is 173 g/mol. The summed E-state index contributed by atoms with van der Waals surface area (Å²) in [5, 5.41) is 10.8. The zero-order chi connectivity index (χ0) is 9.61. The van der Waals surface area contributed by atoms with Gasteiger partial charge in [0, 0.05) is 6.21 Å². The van der Waals surface area contributed by atoms with Gasteiger partial charge in [0.15, 0.2) is 0 Å². The number of hydrogen-bond acceptors (Lipinski definition) is 4. The zero-order valence-electron chi connectivity index (χ0n) is 7.70. The molecule has 0 heterocycles. The summed E-state index contributed by atoms with van der Waals surface area (Å²) in [5.41, 5.74) is -0.437. The van der Waals surface area contributed by atoms with Crippen LogP contribution in [-0.2, 0) is 9.53 Å². The summed E-state index contributed by atoms with van der Waals surface area (Å²) < 4.78 is 5.00. The van der Waals surface area contributed by atoms with Crippen LogP contribution in [0.2, 0.25) is 0 Å². The Morgan fingerprint density at radius 1 is 1.58 bits per heavy atom. The number of carbonyl (C=O) groups excluding carboxylic acids is 1. The predicted octanol–water partition coefficient (Wildman–Crippen LogP) is 1.57. The summed E-state index contributed by atoms with van der Waals surface area (Å²) in [5.74, 6) is -0.276. The molecule has 0 saturated heterocycles. The molecule has 12 heavy (non-hydrogen) atoms. The van der Waals surface area contributed by atoms with Gasteiger partial charge in [-0.25, -0.2) is 0 Å². The van der Waals surface area contributed by atoms with E-state index < -0.39 is 5.60 Å². The fourth-order valence-electron chi connectivity index (χ4n) is 0.633. The van der Waals surface area contributed by atoms with Gasteiger partial charge in [-0.1, -0.05) is 0 Å². The molecule has 4 heteroatoms. The van der Waals surface area contributed by atoms with E-state index in [1.807, 2.05) is 20.8 Å². The minimum absolute atomic E-state index is 0.251. The molecule has 0 spiro atoms. The minimum atomic E-state index is -0.437. The van der Waals surface area contributed by atoms with Crippen LogP contribution in [0.25, 0.3) is 0 Å². The van der Waals surface area contributed by atoms with Crippen molar-refractivity contribution in [2.75, 3.05) is 0 Å². The number of ether oxygens (including phenoxy) is 1. The molecule has 0 aliphatic heterocycles. The van der Waals surface area contributed by atoms with Gasteiger partial charge in [-0.05, 0) is 27.2 Å². The van der Waals surface area contributed by atoms with E-state index in [1.54, 1.807) is 0 Å². The predicted molar refractivity (Wildman–Crippen MR) is 45.4 cm³/mol. The Morgan fingerprint density at radius 3 is 2.58 bits per heavy atom. The van der Waals surface area contributed by atoms with Crippen molar-refractivity contribution in [1.82, 2.24) is 0 Å². The zero-order valence-corrected chi connectivity index (χ0v) is 7.70. The first-order valence-corrected chi connectivity index (χ1v) is 3.83. The number of hydrogen-bond donors (Lipinski definition) is 1. The molecule has 4 nitrogen and oxygen atoms in total. The van der Waals surface area contributed by atoms with Crippen molar-refractivity contribution in [3.63, 3.8) is 0 Å². The number of esters is 1. The standard InChI is InChI=1S/C8H15NO3/c1-8(2,3)12-7(10)5-4-6-9-11/h6,11H,4-5H2,1-3H3/b9-6+. The van der Waals surface area contributed by atoms with Gasteiger partial charge in [-0.2, -0.15) is 0 Å². The molecule has 0 saturated carbocycles. The second-order valence-electron chi connectivity index (χ2n) is 3.42.